The third-order valence-electron chi connectivity index (χ3n) is 3.08. The Hall–Kier alpha value is -1.71. The van der Waals surface area contributed by atoms with Crippen molar-refractivity contribution in [2.24, 2.45) is 5.41 Å². The zero-order chi connectivity index (χ0) is 14.3. The third kappa shape index (κ3) is 2.15. The van der Waals surface area contributed by atoms with Gasteiger partial charge in [-0.25, -0.2) is 0 Å². The van der Waals surface area contributed by atoms with Gasteiger partial charge in [-0.1, -0.05) is 4.49 Å². The molecule has 1 aromatic rings. The van der Waals surface area contributed by atoms with Crippen LogP contribution in [-0.4, -0.2) is 50.7 Å². The average Bonchev–Trinajstić information content (AvgIpc) is 2.97. The molecule has 2 heterocycles. The first-order chi connectivity index (χ1) is 8.78. The monoisotopic (exact) mass is 295 g/mol. The third-order valence-corrected chi connectivity index (χ3v) is 3.73. The summed E-state index contributed by atoms with van der Waals surface area (Å²) in [4.78, 5) is 23.7. The summed E-state index contributed by atoms with van der Waals surface area (Å²) in [6, 6.07) is 0. The largest absolute Gasteiger partial charge is 0.481 e. The molecule has 1 aliphatic heterocycles. The van der Waals surface area contributed by atoms with E-state index in [4.69, 9.17) is 5.11 Å². The number of hydrogen-bond acceptors (Lipinski definition) is 5. The Morgan fingerprint density at radius 2 is 2.16 bits per heavy atom. The Kier molecular flexibility index (Phi) is 3.20. The van der Waals surface area contributed by atoms with Crippen molar-refractivity contribution in [3.8, 4) is 0 Å². The predicted molar refractivity (Wildman–Crippen MR) is 56.6 cm³/mol. The summed E-state index contributed by atoms with van der Waals surface area (Å²) in [7, 11) is 0. The lowest BCUT2D eigenvalue weighted by Crippen LogP contribution is -2.47. The van der Waals surface area contributed by atoms with Crippen molar-refractivity contribution in [3.05, 3.63) is 11.1 Å². The highest BCUT2D eigenvalue weighted by Gasteiger charge is 2.64. The van der Waals surface area contributed by atoms with Crippen LogP contribution in [0.15, 0.2) is 6.20 Å². The number of likely N-dealkylation sites (tertiary alicyclic amines) is 1. The van der Waals surface area contributed by atoms with E-state index < -0.39 is 36.4 Å². The molecule has 1 N–H and O–H groups in total. The topological polar surface area (TPSA) is 83.4 Å². The Morgan fingerprint density at radius 3 is 2.58 bits per heavy atom. The van der Waals surface area contributed by atoms with Crippen molar-refractivity contribution in [1.29, 1.82) is 0 Å². The van der Waals surface area contributed by atoms with Crippen molar-refractivity contribution in [3.63, 3.8) is 0 Å². The van der Waals surface area contributed by atoms with E-state index in [0.29, 0.717) is 0 Å². The number of carbonyl (C=O) groups is 2. The van der Waals surface area contributed by atoms with E-state index >= 15 is 0 Å². The van der Waals surface area contributed by atoms with Crippen LogP contribution < -0.4 is 0 Å². The summed E-state index contributed by atoms with van der Waals surface area (Å²) in [6.07, 6.45) is -4.41. The quantitative estimate of drug-likeness (QED) is 0.880. The molecular formula is C9H8F3N3O3S. The summed E-state index contributed by atoms with van der Waals surface area (Å²) in [5.41, 5.74) is -2.89. The molecule has 1 unspecified atom stereocenters. The second kappa shape index (κ2) is 4.44. The van der Waals surface area contributed by atoms with E-state index in [9.17, 15) is 22.8 Å². The van der Waals surface area contributed by atoms with E-state index in [1.807, 2.05) is 0 Å². The highest BCUT2D eigenvalue weighted by Crippen LogP contribution is 2.46. The van der Waals surface area contributed by atoms with Gasteiger partial charge in [-0.05, 0) is 18.0 Å². The first kappa shape index (κ1) is 13.7. The lowest BCUT2D eigenvalue weighted by molar-refractivity contribution is -0.227. The zero-order valence-corrected chi connectivity index (χ0v) is 10.2. The van der Waals surface area contributed by atoms with E-state index in [2.05, 4.69) is 9.59 Å². The van der Waals surface area contributed by atoms with E-state index in [-0.39, 0.29) is 11.4 Å². The second-order valence-electron chi connectivity index (χ2n) is 4.14. The fourth-order valence-corrected chi connectivity index (χ4v) is 2.41. The summed E-state index contributed by atoms with van der Waals surface area (Å²) in [5, 5.41) is 12.3. The Bertz CT molecular complexity index is 505. The van der Waals surface area contributed by atoms with Gasteiger partial charge in [0.25, 0.3) is 5.91 Å². The van der Waals surface area contributed by atoms with Crippen LogP contribution >= 0.6 is 11.5 Å². The van der Waals surface area contributed by atoms with Gasteiger partial charge in [-0.15, -0.1) is 5.10 Å². The van der Waals surface area contributed by atoms with Crippen LogP contribution in [0.25, 0.3) is 0 Å². The zero-order valence-electron chi connectivity index (χ0n) is 9.35. The number of nitrogens with zero attached hydrogens (tertiary/aromatic N) is 3. The molecule has 0 radical (unpaired) electrons. The van der Waals surface area contributed by atoms with Gasteiger partial charge in [0.05, 0.1) is 6.20 Å². The molecule has 0 spiro atoms. The molecular weight excluding hydrogens is 287 g/mol. The first-order valence-electron chi connectivity index (χ1n) is 5.15. The first-order valence-corrected chi connectivity index (χ1v) is 5.92. The number of amides is 1. The predicted octanol–water partition coefficient (Wildman–Crippen LogP) is 1.02. The number of hydrogen-bond donors (Lipinski definition) is 1. The van der Waals surface area contributed by atoms with Crippen LogP contribution in [0.3, 0.4) is 0 Å². The maximum absolute atomic E-state index is 12.9. The number of halogens is 3. The molecule has 104 valence electrons. The maximum Gasteiger partial charge on any atom is 0.406 e. The number of alkyl halides is 3. The van der Waals surface area contributed by atoms with Crippen LogP contribution in [0, 0.1) is 5.41 Å². The van der Waals surface area contributed by atoms with Crippen molar-refractivity contribution < 1.29 is 27.9 Å². The smallest absolute Gasteiger partial charge is 0.406 e. The number of carboxylic acids is 1. The van der Waals surface area contributed by atoms with E-state index in [1.165, 1.54) is 0 Å². The van der Waals surface area contributed by atoms with Crippen molar-refractivity contribution in [2.75, 3.05) is 13.1 Å². The molecule has 19 heavy (non-hydrogen) atoms. The Morgan fingerprint density at radius 1 is 1.47 bits per heavy atom. The minimum atomic E-state index is -4.90. The molecule has 1 fully saturated rings. The molecule has 0 aliphatic carbocycles. The summed E-state index contributed by atoms with van der Waals surface area (Å²) < 4.78 is 42.2. The second-order valence-corrected chi connectivity index (χ2v) is 4.93. The van der Waals surface area contributed by atoms with Crippen LogP contribution in [0.2, 0.25) is 0 Å². The molecule has 1 atom stereocenters. The summed E-state index contributed by atoms with van der Waals surface area (Å²) in [5.74, 6) is -2.64. The van der Waals surface area contributed by atoms with Crippen molar-refractivity contribution in [1.82, 2.24) is 14.5 Å². The standard InChI is InChI=1S/C9H8F3N3O3S/c10-9(11,12)8(7(17)18)1-2-15(4-8)6(16)5-3-13-14-19-5/h3H,1-2,4H2,(H,17,18). The van der Waals surface area contributed by atoms with E-state index in [1.54, 1.807) is 0 Å². The van der Waals surface area contributed by atoms with Crippen LogP contribution in [0.4, 0.5) is 13.2 Å². The molecule has 0 saturated carbocycles. The van der Waals surface area contributed by atoms with Crippen LogP contribution in [-0.2, 0) is 4.79 Å². The molecule has 1 aliphatic rings. The summed E-state index contributed by atoms with van der Waals surface area (Å²) >= 11 is 0.753. The highest BCUT2D eigenvalue weighted by molar-refractivity contribution is 7.07. The van der Waals surface area contributed by atoms with Crippen LogP contribution in [0.1, 0.15) is 16.1 Å². The van der Waals surface area contributed by atoms with Gasteiger partial charge in [0.1, 0.15) is 4.88 Å². The highest BCUT2D eigenvalue weighted by atomic mass is 32.1. The lowest BCUT2D eigenvalue weighted by atomic mass is 9.86. The minimum Gasteiger partial charge on any atom is -0.481 e. The van der Waals surface area contributed by atoms with E-state index in [0.717, 1.165) is 22.6 Å². The Labute approximate surface area is 109 Å². The normalized spacial score (nSPS) is 23.6. The number of carbonyl (C=O) groups excluding carboxylic acids is 1. The van der Waals surface area contributed by atoms with Gasteiger partial charge in [0, 0.05) is 13.1 Å². The molecule has 1 saturated heterocycles. The molecule has 0 bridgehead atoms. The SMILES string of the molecule is O=C(c1cnns1)N1CCC(C(=O)O)(C(F)(F)F)C1. The van der Waals surface area contributed by atoms with Gasteiger partial charge in [0.2, 0.25) is 0 Å². The molecule has 1 aromatic heterocycles. The molecule has 0 aromatic carbocycles. The fraction of sp³-hybridized carbons (Fsp3) is 0.556. The molecule has 2 rings (SSSR count). The van der Waals surface area contributed by atoms with Gasteiger partial charge in [-0.3, -0.25) is 9.59 Å². The van der Waals surface area contributed by atoms with Crippen molar-refractivity contribution in [2.45, 2.75) is 12.6 Å². The van der Waals surface area contributed by atoms with Crippen LogP contribution in [0.5, 0.6) is 0 Å². The Balaban J connectivity index is 2.23. The molecule has 6 nitrogen and oxygen atoms in total. The minimum absolute atomic E-state index is 0.0864. The van der Waals surface area contributed by atoms with Crippen molar-refractivity contribution >= 4 is 23.4 Å². The van der Waals surface area contributed by atoms with Gasteiger partial charge in [0.15, 0.2) is 5.41 Å². The van der Waals surface area contributed by atoms with Gasteiger partial charge >= 0.3 is 12.1 Å². The average molecular weight is 295 g/mol. The fourth-order valence-electron chi connectivity index (χ4n) is 1.93. The number of rotatable bonds is 2. The number of carboxylic acid groups (broad SMARTS) is 1. The number of aliphatic carboxylic acids is 1. The van der Waals surface area contributed by atoms with Gasteiger partial charge in [-0.2, -0.15) is 13.2 Å². The van der Waals surface area contributed by atoms with Gasteiger partial charge < -0.3 is 10.0 Å². The number of aromatic nitrogens is 2. The summed E-state index contributed by atoms with van der Waals surface area (Å²) in [6.45, 7) is -1.15. The molecule has 1 amide bonds. The molecule has 10 heteroatoms. The lowest BCUT2D eigenvalue weighted by Gasteiger charge is -2.27. The maximum atomic E-state index is 12.9.